The molecule has 7 heteroatoms. The molecule has 4 rings (SSSR count). The molecule has 0 atom stereocenters. The minimum Gasteiger partial charge on any atom is -0.490 e. The van der Waals surface area contributed by atoms with E-state index in [2.05, 4.69) is 41.8 Å². The summed E-state index contributed by atoms with van der Waals surface area (Å²) in [4.78, 5) is 18.3. The van der Waals surface area contributed by atoms with Gasteiger partial charge in [0.25, 0.3) is 5.56 Å². The van der Waals surface area contributed by atoms with Crippen LogP contribution in [0, 0.1) is 5.41 Å². The maximum absolute atomic E-state index is 13.4. The molecule has 0 spiro atoms. The fraction of sp³-hybridized carbons (Fsp3) is 0.464. The summed E-state index contributed by atoms with van der Waals surface area (Å²) in [6.07, 6.45) is 7.29. The third kappa shape index (κ3) is 6.13. The summed E-state index contributed by atoms with van der Waals surface area (Å²) >= 11 is 3.64. The van der Waals surface area contributed by atoms with E-state index in [0.717, 1.165) is 47.1 Å². The van der Waals surface area contributed by atoms with Crippen LogP contribution in [0.1, 0.15) is 77.1 Å². The Labute approximate surface area is 215 Å². The third-order valence-electron chi connectivity index (χ3n) is 6.05. The Morgan fingerprint density at radius 1 is 1.14 bits per heavy atom. The van der Waals surface area contributed by atoms with Crippen LogP contribution in [0.15, 0.2) is 50.8 Å². The average molecular weight is 541 g/mol. The van der Waals surface area contributed by atoms with E-state index in [1.54, 1.807) is 6.21 Å². The highest BCUT2D eigenvalue weighted by atomic mass is 79.9. The first-order valence-corrected chi connectivity index (χ1v) is 13.2. The summed E-state index contributed by atoms with van der Waals surface area (Å²) < 4.78 is 14.2. The summed E-state index contributed by atoms with van der Waals surface area (Å²) in [6.45, 7) is 9.39. The minimum atomic E-state index is -0.137. The summed E-state index contributed by atoms with van der Waals surface area (Å²) in [5.41, 5.74) is 1.41. The van der Waals surface area contributed by atoms with Gasteiger partial charge in [0, 0.05) is 5.92 Å². The van der Waals surface area contributed by atoms with E-state index in [1.807, 2.05) is 43.3 Å². The molecule has 0 aliphatic heterocycles. The standard InChI is InChI=1S/C28H34BrN3O3/c1-5-34-24-16-19(15-22(29)25(24)35-18-28(2,3)4)17-30-32-26(20-11-7-6-8-12-20)31-23-14-10-9-13-21(23)27(32)33/h9-10,13-17,20H,5-8,11-12,18H2,1-4H3. The molecule has 35 heavy (non-hydrogen) atoms. The Bertz CT molecular complexity index is 1270. The second-order valence-corrected chi connectivity index (χ2v) is 11.2. The van der Waals surface area contributed by atoms with Crippen molar-refractivity contribution in [3.8, 4) is 11.5 Å². The van der Waals surface area contributed by atoms with E-state index in [1.165, 1.54) is 11.1 Å². The highest BCUT2D eigenvalue weighted by molar-refractivity contribution is 9.10. The topological polar surface area (TPSA) is 65.7 Å². The van der Waals surface area contributed by atoms with Crippen molar-refractivity contribution in [2.45, 2.75) is 65.7 Å². The van der Waals surface area contributed by atoms with E-state index < -0.39 is 0 Å². The van der Waals surface area contributed by atoms with Crippen LogP contribution in [0.25, 0.3) is 10.9 Å². The molecular formula is C28H34BrN3O3. The Morgan fingerprint density at radius 3 is 2.60 bits per heavy atom. The van der Waals surface area contributed by atoms with Crippen LogP contribution < -0.4 is 15.0 Å². The lowest BCUT2D eigenvalue weighted by atomic mass is 9.88. The summed E-state index contributed by atoms with van der Waals surface area (Å²) in [6, 6.07) is 11.3. The number of rotatable bonds is 7. The van der Waals surface area contributed by atoms with Gasteiger partial charge in [-0.3, -0.25) is 4.79 Å². The number of ether oxygens (including phenoxy) is 2. The lowest BCUT2D eigenvalue weighted by Crippen LogP contribution is -2.25. The zero-order valence-electron chi connectivity index (χ0n) is 21.0. The first-order valence-electron chi connectivity index (χ1n) is 12.4. The SMILES string of the molecule is CCOc1cc(C=Nn2c(C3CCCCC3)nc3ccccc3c2=O)cc(Br)c1OCC(C)(C)C. The first kappa shape index (κ1) is 25.4. The van der Waals surface area contributed by atoms with Crippen LogP contribution in [0.5, 0.6) is 11.5 Å². The quantitative estimate of drug-likeness (QED) is 0.306. The third-order valence-corrected chi connectivity index (χ3v) is 6.64. The fourth-order valence-corrected chi connectivity index (χ4v) is 4.93. The second-order valence-electron chi connectivity index (χ2n) is 10.3. The smallest absolute Gasteiger partial charge is 0.282 e. The van der Waals surface area contributed by atoms with Crippen molar-refractivity contribution in [2.24, 2.45) is 10.5 Å². The van der Waals surface area contributed by atoms with Crippen LogP contribution in [-0.2, 0) is 0 Å². The lowest BCUT2D eigenvalue weighted by molar-refractivity contribution is 0.187. The molecule has 1 saturated carbocycles. The van der Waals surface area contributed by atoms with Gasteiger partial charge in [-0.1, -0.05) is 52.2 Å². The van der Waals surface area contributed by atoms with Gasteiger partial charge in [0.2, 0.25) is 0 Å². The molecule has 0 radical (unpaired) electrons. The Balaban J connectivity index is 1.74. The predicted molar refractivity (Wildman–Crippen MR) is 145 cm³/mol. The molecule has 1 fully saturated rings. The number of hydrogen-bond acceptors (Lipinski definition) is 5. The molecule has 1 aliphatic carbocycles. The molecule has 1 heterocycles. The number of para-hydroxylation sites is 1. The number of halogens is 1. The zero-order chi connectivity index (χ0) is 25.0. The van der Waals surface area contributed by atoms with Gasteiger partial charge in [0.05, 0.1) is 34.8 Å². The van der Waals surface area contributed by atoms with Gasteiger partial charge in [-0.25, -0.2) is 4.98 Å². The van der Waals surface area contributed by atoms with Crippen LogP contribution in [0.2, 0.25) is 0 Å². The van der Waals surface area contributed by atoms with Crippen molar-refractivity contribution >= 4 is 33.0 Å². The molecule has 0 unspecified atom stereocenters. The molecule has 6 nitrogen and oxygen atoms in total. The molecular weight excluding hydrogens is 506 g/mol. The number of benzene rings is 2. The molecule has 0 bridgehead atoms. The normalized spacial score (nSPS) is 15.1. The van der Waals surface area contributed by atoms with E-state index in [-0.39, 0.29) is 16.9 Å². The molecule has 2 aromatic carbocycles. The number of aromatic nitrogens is 2. The van der Waals surface area contributed by atoms with Crippen molar-refractivity contribution in [2.75, 3.05) is 13.2 Å². The van der Waals surface area contributed by atoms with Crippen molar-refractivity contribution in [1.82, 2.24) is 9.66 Å². The second kappa shape index (κ2) is 10.9. The highest BCUT2D eigenvalue weighted by Crippen LogP contribution is 2.38. The number of hydrogen-bond donors (Lipinski definition) is 0. The molecule has 1 aromatic heterocycles. The molecule has 186 valence electrons. The van der Waals surface area contributed by atoms with Crippen LogP contribution in [0.4, 0.5) is 0 Å². The summed E-state index contributed by atoms with van der Waals surface area (Å²) in [5, 5.41) is 5.23. The molecule has 3 aromatic rings. The van der Waals surface area contributed by atoms with Gasteiger partial charge in [-0.05, 0) is 70.9 Å². The average Bonchev–Trinajstić information content (AvgIpc) is 2.83. The van der Waals surface area contributed by atoms with Gasteiger partial charge in [0.15, 0.2) is 11.5 Å². The Hall–Kier alpha value is -2.67. The van der Waals surface area contributed by atoms with Crippen molar-refractivity contribution in [3.63, 3.8) is 0 Å². The maximum Gasteiger partial charge on any atom is 0.282 e. The minimum absolute atomic E-state index is 0.0167. The van der Waals surface area contributed by atoms with E-state index in [4.69, 9.17) is 14.5 Å². The van der Waals surface area contributed by atoms with Crippen LogP contribution in [0.3, 0.4) is 0 Å². The number of nitrogens with zero attached hydrogens (tertiary/aromatic N) is 3. The van der Waals surface area contributed by atoms with Crippen LogP contribution >= 0.6 is 15.9 Å². The van der Waals surface area contributed by atoms with Gasteiger partial charge < -0.3 is 9.47 Å². The Kier molecular flexibility index (Phi) is 7.95. The van der Waals surface area contributed by atoms with Crippen molar-refractivity contribution in [3.05, 3.63) is 62.6 Å². The largest absolute Gasteiger partial charge is 0.490 e. The molecule has 1 aliphatic rings. The van der Waals surface area contributed by atoms with Gasteiger partial charge in [-0.15, -0.1) is 0 Å². The zero-order valence-corrected chi connectivity index (χ0v) is 22.6. The Morgan fingerprint density at radius 2 is 1.89 bits per heavy atom. The molecule has 0 saturated heterocycles. The van der Waals surface area contributed by atoms with E-state index >= 15 is 0 Å². The molecule has 0 amide bonds. The van der Waals surface area contributed by atoms with E-state index in [0.29, 0.717) is 30.1 Å². The predicted octanol–water partition coefficient (Wildman–Crippen LogP) is 6.91. The summed E-state index contributed by atoms with van der Waals surface area (Å²) in [7, 11) is 0. The highest BCUT2D eigenvalue weighted by Gasteiger charge is 2.22. The van der Waals surface area contributed by atoms with E-state index in [9.17, 15) is 4.79 Å². The maximum atomic E-state index is 13.4. The first-order chi connectivity index (χ1) is 16.8. The summed E-state index contributed by atoms with van der Waals surface area (Å²) in [5.74, 6) is 2.30. The fourth-order valence-electron chi connectivity index (χ4n) is 4.36. The van der Waals surface area contributed by atoms with Gasteiger partial charge in [-0.2, -0.15) is 9.78 Å². The van der Waals surface area contributed by atoms with Gasteiger partial charge in [0.1, 0.15) is 5.82 Å². The van der Waals surface area contributed by atoms with Crippen LogP contribution in [-0.4, -0.2) is 29.1 Å². The number of fused-ring (bicyclic) bond motifs is 1. The van der Waals surface area contributed by atoms with Crippen molar-refractivity contribution in [1.29, 1.82) is 0 Å². The molecule has 0 N–H and O–H groups in total. The monoisotopic (exact) mass is 539 g/mol. The van der Waals surface area contributed by atoms with Crippen molar-refractivity contribution < 1.29 is 9.47 Å². The lowest BCUT2D eigenvalue weighted by Gasteiger charge is -2.23. The van der Waals surface area contributed by atoms with Gasteiger partial charge >= 0.3 is 0 Å².